The van der Waals surface area contributed by atoms with Gasteiger partial charge >= 0.3 is 0 Å². The second kappa shape index (κ2) is 8.50. The van der Waals surface area contributed by atoms with Crippen LogP contribution in [0.2, 0.25) is 0 Å². The number of fused-ring (bicyclic) bond motifs is 2. The minimum atomic E-state index is 0.0836. The highest BCUT2D eigenvalue weighted by Crippen LogP contribution is 2.47. The highest BCUT2D eigenvalue weighted by molar-refractivity contribution is 8.04. The van der Waals surface area contributed by atoms with Crippen molar-refractivity contribution in [1.82, 2.24) is 19.7 Å². The van der Waals surface area contributed by atoms with E-state index in [9.17, 15) is 0 Å². The molecule has 4 heterocycles. The zero-order valence-electron chi connectivity index (χ0n) is 18.8. The van der Waals surface area contributed by atoms with Gasteiger partial charge in [-0.1, -0.05) is 6.07 Å². The second-order valence-corrected chi connectivity index (χ2v) is 9.60. The maximum atomic E-state index is 6.10. The summed E-state index contributed by atoms with van der Waals surface area (Å²) in [6, 6.07) is 10.7. The number of aromatic nitrogens is 4. The van der Waals surface area contributed by atoms with Crippen LogP contribution in [0.15, 0.2) is 47.8 Å². The van der Waals surface area contributed by atoms with Crippen LogP contribution >= 0.6 is 11.9 Å². The summed E-state index contributed by atoms with van der Waals surface area (Å²) >= 11 is 1.75. The number of benzene rings is 1. The minimum Gasteiger partial charge on any atom is -0.493 e. The van der Waals surface area contributed by atoms with Crippen molar-refractivity contribution in [2.45, 2.75) is 46.3 Å². The molecular formula is C24H27N5O2S. The van der Waals surface area contributed by atoms with E-state index in [1.807, 2.05) is 30.7 Å². The quantitative estimate of drug-likeness (QED) is 0.485. The zero-order valence-corrected chi connectivity index (χ0v) is 19.6. The van der Waals surface area contributed by atoms with E-state index in [-0.39, 0.29) is 12.1 Å². The predicted octanol–water partition coefficient (Wildman–Crippen LogP) is 5.37. The van der Waals surface area contributed by atoms with E-state index in [0.717, 1.165) is 41.4 Å². The molecule has 32 heavy (non-hydrogen) atoms. The van der Waals surface area contributed by atoms with Crippen molar-refractivity contribution in [3.05, 3.63) is 53.3 Å². The molecule has 0 fully saturated rings. The summed E-state index contributed by atoms with van der Waals surface area (Å²) in [6.45, 7) is 9.70. The number of hydrogen-bond acceptors (Lipinski definition) is 7. The van der Waals surface area contributed by atoms with Gasteiger partial charge in [-0.05, 0) is 74.5 Å². The van der Waals surface area contributed by atoms with Gasteiger partial charge in [-0.15, -0.1) is 0 Å². The first-order valence-electron chi connectivity index (χ1n) is 11.0. The first-order chi connectivity index (χ1) is 15.5. The third-order valence-corrected chi connectivity index (χ3v) is 6.62. The number of rotatable bonds is 5. The summed E-state index contributed by atoms with van der Waals surface area (Å²) < 4.78 is 16.1. The monoisotopic (exact) mass is 449 g/mol. The summed E-state index contributed by atoms with van der Waals surface area (Å²) in [4.78, 5) is 10.2. The maximum Gasteiger partial charge on any atom is 0.234 e. The van der Waals surface area contributed by atoms with E-state index in [1.165, 1.54) is 10.5 Å². The maximum absolute atomic E-state index is 6.10. The fourth-order valence-electron chi connectivity index (χ4n) is 4.00. The van der Waals surface area contributed by atoms with Crippen LogP contribution in [-0.2, 0) is 0 Å². The molecule has 0 spiro atoms. The van der Waals surface area contributed by atoms with Crippen molar-refractivity contribution >= 4 is 23.5 Å². The highest BCUT2D eigenvalue weighted by atomic mass is 32.2. The first-order valence-corrected chi connectivity index (χ1v) is 11.7. The molecule has 0 aliphatic carbocycles. The molecule has 166 valence electrons. The Balaban J connectivity index is 1.49. The lowest BCUT2D eigenvalue weighted by atomic mass is 9.98. The Bertz CT molecular complexity index is 1170. The normalized spacial score (nSPS) is 15.6. The summed E-state index contributed by atoms with van der Waals surface area (Å²) in [5, 5.41) is 4.41. The molecule has 0 atom stereocenters. The largest absolute Gasteiger partial charge is 0.493 e. The molecule has 0 radical (unpaired) electrons. The van der Waals surface area contributed by atoms with Gasteiger partial charge in [-0.3, -0.25) is 4.31 Å². The molecule has 0 amide bonds. The van der Waals surface area contributed by atoms with Crippen LogP contribution in [0.25, 0.3) is 16.7 Å². The average Bonchev–Trinajstić information content (AvgIpc) is 3.38. The lowest BCUT2D eigenvalue weighted by Crippen LogP contribution is -2.19. The van der Waals surface area contributed by atoms with Gasteiger partial charge in [-0.2, -0.15) is 10.1 Å². The number of anilines is 1. The Hall–Kier alpha value is -3.00. The van der Waals surface area contributed by atoms with Crippen LogP contribution in [0.4, 0.5) is 5.95 Å². The molecular weight excluding hydrogens is 422 g/mol. The van der Waals surface area contributed by atoms with E-state index >= 15 is 0 Å². The average molecular weight is 450 g/mol. The summed E-state index contributed by atoms with van der Waals surface area (Å²) in [6.07, 6.45) is 4.40. The molecule has 1 aromatic carbocycles. The number of nitrogens with zero attached hydrogens (tertiary/aromatic N) is 5. The smallest absolute Gasteiger partial charge is 0.234 e. The minimum absolute atomic E-state index is 0.0836. The molecule has 2 aliphatic rings. The second-order valence-electron chi connectivity index (χ2n) is 8.49. The van der Waals surface area contributed by atoms with E-state index in [2.05, 4.69) is 51.4 Å². The fourth-order valence-corrected chi connectivity index (χ4v) is 5.13. The van der Waals surface area contributed by atoms with E-state index < -0.39 is 0 Å². The standard InChI is InChI=1S/C24H27N5O2S/c1-15(2)29-24(26-14-27-29)28-13-20-19-11-17(5-6-21(19)30-10-8-22(20)32-28)18-7-9-25-23(12-18)31-16(3)4/h5-7,9,11-12,14-16H,8,10,13H2,1-4H3. The zero-order chi connectivity index (χ0) is 22.2. The number of hydrogen-bond donors (Lipinski definition) is 0. The van der Waals surface area contributed by atoms with Crippen molar-refractivity contribution in [3.63, 3.8) is 0 Å². The van der Waals surface area contributed by atoms with Crippen LogP contribution in [0, 0.1) is 0 Å². The predicted molar refractivity (Wildman–Crippen MR) is 128 cm³/mol. The lowest BCUT2D eigenvalue weighted by Gasteiger charge is -2.20. The van der Waals surface area contributed by atoms with Crippen LogP contribution in [0.5, 0.6) is 11.6 Å². The first kappa shape index (κ1) is 20.9. The lowest BCUT2D eigenvalue weighted by molar-refractivity contribution is 0.233. The van der Waals surface area contributed by atoms with Gasteiger partial charge in [0.15, 0.2) is 0 Å². The molecule has 2 aliphatic heterocycles. The molecule has 5 rings (SSSR count). The summed E-state index contributed by atoms with van der Waals surface area (Å²) in [5.74, 6) is 2.46. The molecule has 2 aromatic heterocycles. The molecule has 7 nitrogen and oxygen atoms in total. The van der Waals surface area contributed by atoms with E-state index in [1.54, 1.807) is 24.5 Å². The molecule has 3 aromatic rings. The molecule has 0 bridgehead atoms. The SMILES string of the molecule is CC(C)Oc1cc(-c2ccc3c(c2)C2=C(CCO3)SN(c3ncnn3C(C)C)C2)ccn1. The van der Waals surface area contributed by atoms with Gasteiger partial charge in [0.2, 0.25) is 11.8 Å². The Kier molecular flexibility index (Phi) is 5.55. The Morgan fingerprint density at radius 3 is 2.72 bits per heavy atom. The van der Waals surface area contributed by atoms with Crippen molar-refractivity contribution in [2.75, 3.05) is 17.5 Å². The van der Waals surface area contributed by atoms with Crippen molar-refractivity contribution in [2.24, 2.45) is 0 Å². The van der Waals surface area contributed by atoms with Gasteiger partial charge in [0, 0.05) is 29.2 Å². The van der Waals surface area contributed by atoms with Crippen molar-refractivity contribution < 1.29 is 9.47 Å². The van der Waals surface area contributed by atoms with Crippen LogP contribution in [-0.4, -0.2) is 39.0 Å². The topological polar surface area (TPSA) is 65.3 Å². The molecule has 0 N–H and O–H groups in total. The number of ether oxygens (including phenoxy) is 2. The third-order valence-electron chi connectivity index (χ3n) is 5.44. The van der Waals surface area contributed by atoms with Gasteiger partial charge in [0.05, 0.1) is 25.3 Å². The van der Waals surface area contributed by atoms with Gasteiger partial charge < -0.3 is 9.47 Å². The van der Waals surface area contributed by atoms with Crippen LogP contribution in [0.3, 0.4) is 0 Å². The van der Waals surface area contributed by atoms with Crippen LogP contribution in [0.1, 0.15) is 45.7 Å². The van der Waals surface area contributed by atoms with Crippen molar-refractivity contribution in [3.8, 4) is 22.8 Å². The Labute approximate surface area is 192 Å². The van der Waals surface area contributed by atoms with Crippen molar-refractivity contribution in [1.29, 1.82) is 0 Å². The molecule has 8 heteroatoms. The number of pyridine rings is 1. The summed E-state index contributed by atoms with van der Waals surface area (Å²) in [5.41, 5.74) is 4.64. The van der Waals surface area contributed by atoms with Gasteiger partial charge in [0.25, 0.3) is 0 Å². The Morgan fingerprint density at radius 2 is 1.91 bits per heavy atom. The highest BCUT2D eigenvalue weighted by Gasteiger charge is 2.31. The van der Waals surface area contributed by atoms with E-state index in [0.29, 0.717) is 12.5 Å². The molecule has 0 saturated heterocycles. The Morgan fingerprint density at radius 1 is 1.06 bits per heavy atom. The molecule has 0 saturated carbocycles. The van der Waals surface area contributed by atoms with E-state index in [4.69, 9.17) is 9.47 Å². The fraction of sp³-hybridized carbons (Fsp3) is 0.375. The molecule has 0 unspecified atom stereocenters. The van der Waals surface area contributed by atoms with Crippen LogP contribution < -0.4 is 13.8 Å². The third kappa shape index (κ3) is 3.95. The van der Waals surface area contributed by atoms with Gasteiger partial charge in [-0.25, -0.2) is 9.67 Å². The summed E-state index contributed by atoms with van der Waals surface area (Å²) in [7, 11) is 0. The van der Waals surface area contributed by atoms with Gasteiger partial charge in [0.1, 0.15) is 12.1 Å².